The lowest BCUT2D eigenvalue weighted by molar-refractivity contribution is 0.0684. The first-order valence-electron chi connectivity index (χ1n) is 28.8. The Labute approximate surface area is 575 Å². The van der Waals surface area contributed by atoms with Gasteiger partial charge < -0.3 is 39.9 Å². The first-order chi connectivity index (χ1) is 45.9. The summed E-state index contributed by atoms with van der Waals surface area (Å²) in [5.41, 5.74) is 6.70. The van der Waals surface area contributed by atoms with Gasteiger partial charge in [0.05, 0.1) is 104 Å². The molecule has 0 radical (unpaired) electrons. The molecule has 5 N–H and O–H groups in total. The van der Waals surface area contributed by atoms with Crippen LogP contribution < -0.4 is 0 Å². The van der Waals surface area contributed by atoms with Gasteiger partial charge in [0, 0.05) is 63.4 Å². The largest absolute Gasteiger partial charge is 0.501 e. The number of nitrogens with zero attached hydrogens (tertiary/aromatic N) is 16. The highest BCUT2D eigenvalue weighted by Crippen LogP contribution is 2.48. The average molecular weight is 1480 g/mol. The third kappa shape index (κ3) is 17.9. The van der Waals surface area contributed by atoms with Gasteiger partial charge in [0.25, 0.3) is 12.2 Å². The van der Waals surface area contributed by atoms with Crippen LogP contribution in [0.1, 0.15) is 129 Å². The summed E-state index contributed by atoms with van der Waals surface area (Å²) in [6, 6.07) is 0. The molecule has 0 aliphatic heterocycles. The smallest absolute Gasteiger partial charge is 0.354 e. The Balaban J connectivity index is 0.000000170. The minimum absolute atomic E-state index is 0.0749. The predicted octanol–water partition coefficient (Wildman–Crippen LogP) is 9.76. The van der Waals surface area contributed by atoms with Crippen LogP contribution in [0.4, 0.5) is 14.6 Å². The fourth-order valence-corrected chi connectivity index (χ4v) is 14.4. The van der Waals surface area contributed by atoms with Crippen molar-refractivity contribution in [1.29, 1.82) is 0 Å². The van der Waals surface area contributed by atoms with Gasteiger partial charge in [0.15, 0.2) is 5.69 Å². The SMILES string of the molecule is CCO/C=C/c1sc(-c2cnn(C)c2C(=O)CO)nc1C.CCOCCc1sc(-c2cnn(C)c2C(=O)CO)nc1C.Cc1nc(-c2cnn(C)c2C(=O)CO)sc1Br.Cn1ncc(-c2nc(C(F)F)c(C3CC3)s2)c1C(=O)CO.[C-]#[N+]c1csc(-c2cnn(C)c2C(=O)O)n1. The van der Waals surface area contributed by atoms with Crippen LogP contribution >= 0.6 is 72.6 Å². The summed E-state index contributed by atoms with van der Waals surface area (Å²) in [5.74, 6) is -2.22. The van der Waals surface area contributed by atoms with Gasteiger partial charge in [-0.25, -0.2) is 33.5 Å². The molecule has 10 aromatic heterocycles. The van der Waals surface area contributed by atoms with Gasteiger partial charge in [-0.05, 0) is 75.4 Å². The Morgan fingerprint density at radius 2 is 1.04 bits per heavy atom. The fourth-order valence-electron chi connectivity index (χ4n) is 9.00. The molecule has 11 rings (SSSR count). The normalized spacial score (nSPS) is 11.7. The number of carbonyl (C=O) groups excluding carboxylic acids is 4. The molecule has 0 saturated heterocycles. The Hall–Kier alpha value is -8.48. The van der Waals surface area contributed by atoms with E-state index in [1.807, 2.05) is 40.7 Å². The maximum Gasteiger partial charge on any atom is 0.354 e. The topological polar surface area (TPSA) is 363 Å². The van der Waals surface area contributed by atoms with Crippen molar-refractivity contribution in [1.82, 2.24) is 73.8 Å². The number of aliphatic hydroxyl groups excluding tert-OH is 4. The molecule has 0 atom stereocenters. The zero-order valence-electron chi connectivity index (χ0n) is 53.3. The summed E-state index contributed by atoms with van der Waals surface area (Å²) in [6.07, 6.45) is 11.1. The minimum Gasteiger partial charge on any atom is -0.501 e. The van der Waals surface area contributed by atoms with Crippen LogP contribution in [0.5, 0.6) is 0 Å². The zero-order valence-corrected chi connectivity index (χ0v) is 58.9. The number of hydrogen-bond acceptors (Lipinski definition) is 26. The van der Waals surface area contributed by atoms with Gasteiger partial charge in [-0.1, -0.05) is 6.57 Å². The predicted molar refractivity (Wildman–Crippen MR) is 360 cm³/mol. The fraction of sp³-hybridized carbons (Fsp3) is 0.367. The third-order valence-electron chi connectivity index (χ3n) is 13.7. The lowest BCUT2D eigenvalue weighted by atomic mass is 10.2. The minimum atomic E-state index is -2.63. The van der Waals surface area contributed by atoms with E-state index in [1.165, 1.54) is 81.1 Å². The number of rotatable bonds is 23. The molecule has 28 nitrogen and oxygen atoms in total. The van der Waals surface area contributed by atoms with E-state index < -0.39 is 44.6 Å². The number of alkyl halides is 2. The van der Waals surface area contributed by atoms with Crippen LogP contribution in [-0.2, 0) is 51.1 Å². The molecule has 0 bridgehead atoms. The quantitative estimate of drug-likeness (QED) is 0.0172. The van der Waals surface area contributed by atoms with E-state index in [1.54, 1.807) is 76.8 Å². The maximum absolute atomic E-state index is 13.1. The highest BCUT2D eigenvalue weighted by atomic mass is 79.9. The summed E-state index contributed by atoms with van der Waals surface area (Å²) in [5, 5.41) is 69.8. The van der Waals surface area contributed by atoms with E-state index >= 15 is 0 Å². The lowest BCUT2D eigenvalue weighted by Gasteiger charge is -2.00. The molecule has 96 heavy (non-hydrogen) atoms. The van der Waals surface area contributed by atoms with Crippen LogP contribution in [0.25, 0.3) is 63.8 Å². The van der Waals surface area contributed by atoms with E-state index in [0.717, 1.165) is 59.9 Å². The molecule has 508 valence electrons. The van der Waals surface area contributed by atoms with Gasteiger partial charge in [-0.2, -0.15) is 25.5 Å². The number of carboxylic acid groups (broad SMARTS) is 1. The molecular weight excluding hydrogens is 1410 g/mol. The van der Waals surface area contributed by atoms with Crippen molar-refractivity contribution in [2.45, 2.75) is 66.2 Å². The number of aromatic nitrogens is 15. The Bertz CT molecular complexity index is 4420. The molecule has 0 aromatic carbocycles. The number of hydrogen-bond donors (Lipinski definition) is 5. The molecule has 1 aliphatic carbocycles. The van der Waals surface area contributed by atoms with Gasteiger partial charge >= 0.3 is 5.97 Å². The Morgan fingerprint density at radius 1 is 0.615 bits per heavy atom. The molecule has 10 aromatic rings. The van der Waals surface area contributed by atoms with E-state index in [2.05, 4.69) is 71.2 Å². The van der Waals surface area contributed by atoms with Crippen molar-refractivity contribution in [3.8, 4) is 52.9 Å². The summed E-state index contributed by atoms with van der Waals surface area (Å²) in [4.78, 5) is 85.3. The molecule has 1 saturated carbocycles. The van der Waals surface area contributed by atoms with Crippen LogP contribution in [0, 0.1) is 27.3 Å². The molecular formula is C60H65BrF2N16O12S5. The number of carbonyl (C=O) groups is 5. The van der Waals surface area contributed by atoms with Crippen molar-refractivity contribution < 1.29 is 67.8 Å². The number of aryl methyl sites for hydroxylation is 8. The van der Waals surface area contributed by atoms with Crippen LogP contribution in [0.2, 0.25) is 0 Å². The Morgan fingerprint density at radius 3 is 1.44 bits per heavy atom. The van der Waals surface area contributed by atoms with E-state index in [-0.39, 0.29) is 46.2 Å². The molecule has 1 aliphatic rings. The number of ketones is 4. The van der Waals surface area contributed by atoms with Crippen LogP contribution in [0.15, 0.2) is 46.4 Å². The second-order valence-electron chi connectivity index (χ2n) is 20.3. The van der Waals surface area contributed by atoms with Crippen molar-refractivity contribution in [2.24, 2.45) is 35.2 Å². The summed E-state index contributed by atoms with van der Waals surface area (Å²) in [7, 11) is 8.14. The number of Topliss-reactive ketones (excluding diaryl/α,β-unsaturated/α-hetero) is 4. The zero-order chi connectivity index (χ0) is 70.2. The molecule has 0 amide bonds. The van der Waals surface area contributed by atoms with Crippen molar-refractivity contribution in [3.05, 3.63) is 124 Å². The monoisotopic (exact) mass is 1480 g/mol. The van der Waals surface area contributed by atoms with E-state index in [4.69, 9.17) is 41.6 Å². The average Bonchev–Trinajstić information content (AvgIpc) is 1.63. The Kier molecular flexibility index (Phi) is 26.9. The number of ether oxygens (including phenoxy) is 2. The van der Waals surface area contributed by atoms with Crippen LogP contribution in [-0.4, -0.2) is 175 Å². The third-order valence-corrected chi connectivity index (χ3v) is 20.3. The van der Waals surface area contributed by atoms with Gasteiger partial charge in [-0.15, -0.1) is 61.7 Å². The number of aromatic carboxylic acids is 1. The van der Waals surface area contributed by atoms with Gasteiger partial charge in [0.1, 0.15) is 74.9 Å². The van der Waals surface area contributed by atoms with Crippen LogP contribution in [0.3, 0.4) is 0 Å². The standard InChI is InChI=1S/C14H19N3O3S.C14H17N3O3S.C13H13F2N3O2S.C10H10BrN3O2S.C9H6N4O2S/c2*1-4-20-6-5-12-9(2)16-14(21-12)10-7-15-17(3)13(10)11(19)8-18;1-18-10(8(20)5-19)7(4-16-18)13-17-9(12(14)15)11(21-13)6-2-3-6;1-5-9(11)17-10(13-5)6-3-12-14(2)8(6)7(16)4-15;1-10-6-4-16-8(12-6)5-3-11-13(2)7(5)9(14)15/h7,18H,4-6,8H2,1-3H3;5-7,18H,4,8H2,1-3H3;4,6,12,19H,2-3,5H2,1H3;3,15H,4H2,1-2H3;3-4H,2H3,(H,14,15)/b;6-5+;;;. The number of aliphatic hydroxyl groups is 4. The van der Waals surface area contributed by atoms with Crippen molar-refractivity contribution in [2.75, 3.05) is 46.2 Å². The number of thiazole rings is 5. The lowest BCUT2D eigenvalue weighted by Crippen LogP contribution is -2.11. The summed E-state index contributed by atoms with van der Waals surface area (Å²) >= 11 is 10.2. The van der Waals surface area contributed by atoms with Gasteiger partial charge in [0.2, 0.25) is 28.1 Å². The highest BCUT2D eigenvalue weighted by Gasteiger charge is 2.34. The first kappa shape index (κ1) is 74.9. The number of halogens is 3. The first-order valence-corrected chi connectivity index (χ1v) is 33.8. The summed E-state index contributed by atoms with van der Waals surface area (Å²) in [6.45, 7) is 16.1. The summed E-state index contributed by atoms with van der Waals surface area (Å²) < 4.78 is 44.7. The van der Waals surface area contributed by atoms with Crippen molar-refractivity contribution in [3.63, 3.8) is 0 Å². The molecule has 10 heterocycles. The van der Waals surface area contributed by atoms with E-state index in [9.17, 15) is 32.8 Å². The van der Waals surface area contributed by atoms with Crippen molar-refractivity contribution >= 4 is 114 Å². The second kappa shape index (κ2) is 34.5. The molecule has 1 fully saturated rings. The highest BCUT2D eigenvalue weighted by molar-refractivity contribution is 9.11. The molecule has 36 heteroatoms. The molecule has 0 spiro atoms. The van der Waals surface area contributed by atoms with Gasteiger partial charge in [-0.3, -0.25) is 42.6 Å². The molecule has 0 unspecified atom stereocenters. The second-order valence-corrected chi connectivity index (χ2v) is 26.6. The van der Waals surface area contributed by atoms with E-state index in [0.29, 0.717) is 84.6 Å². The number of carboxylic acids is 1. The maximum atomic E-state index is 13.1.